The third kappa shape index (κ3) is 4.83. The van der Waals surface area contributed by atoms with Crippen LogP contribution in [-0.2, 0) is 13.1 Å². The lowest BCUT2D eigenvalue weighted by molar-refractivity contribution is 0.0980. The molecular formula is C22H24ClN5O4. The van der Waals surface area contributed by atoms with E-state index < -0.39 is 17.2 Å². The molecule has 1 amide bonds. The number of anilines is 2. The van der Waals surface area contributed by atoms with E-state index in [1.165, 1.54) is 34.9 Å². The highest BCUT2D eigenvalue weighted by molar-refractivity contribution is 6.31. The Bertz CT molecular complexity index is 1240. The number of nitrogen functional groups attached to an aromatic ring is 1. The molecule has 3 N–H and O–H groups in total. The van der Waals surface area contributed by atoms with Gasteiger partial charge in [0.25, 0.3) is 11.5 Å². The van der Waals surface area contributed by atoms with E-state index >= 15 is 0 Å². The number of benzene rings is 1. The first kappa shape index (κ1) is 23.1. The lowest BCUT2D eigenvalue weighted by atomic mass is 10.1. The molecule has 0 atom stereocenters. The predicted octanol–water partition coefficient (Wildman–Crippen LogP) is 2.82. The number of hydrogen-bond donors (Lipinski definition) is 2. The van der Waals surface area contributed by atoms with Gasteiger partial charge in [0.1, 0.15) is 17.3 Å². The van der Waals surface area contributed by atoms with Gasteiger partial charge in [-0.1, -0.05) is 43.1 Å². The zero-order valence-corrected chi connectivity index (χ0v) is 18.6. The normalized spacial score (nSPS) is 10.7. The summed E-state index contributed by atoms with van der Waals surface area (Å²) < 4.78 is 6.65. The second-order valence-electron chi connectivity index (χ2n) is 7.06. The Morgan fingerprint density at radius 3 is 2.72 bits per heavy atom. The number of pyridine rings is 1. The van der Waals surface area contributed by atoms with Crippen LogP contribution in [0, 0.1) is 0 Å². The molecule has 2 aromatic heterocycles. The molecule has 0 fully saturated rings. The van der Waals surface area contributed by atoms with E-state index in [9.17, 15) is 14.4 Å². The van der Waals surface area contributed by atoms with E-state index in [4.69, 9.17) is 22.1 Å². The molecule has 0 aliphatic carbocycles. The van der Waals surface area contributed by atoms with Gasteiger partial charge in [0, 0.05) is 23.3 Å². The number of para-hydroxylation sites is 1. The van der Waals surface area contributed by atoms with Crippen molar-refractivity contribution in [3.63, 3.8) is 0 Å². The van der Waals surface area contributed by atoms with Crippen LogP contribution in [0.15, 0.2) is 52.2 Å². The zero-order valence-electron chi connectivity index (χ0n) is 17.8. The minimum atomic E-state index is -0.773. The van der Waals surface area contributed by atoms with Crippen molar-refractivity contribution in [3.8, 4) is 5.75 Å². The minimum absolute atomic E-state index is 0.0255. The molecule has 1 aromatic carbocycles. The van der Waals surface area contributed by atoms with Crippen molar-refractivity contribution in [2.45, 2.75) is 32.9 Å². The number of carbonyl (C=O) groups is 1. The number of ether oxygens (including phenoxy) is 1. The molecule has 0 unspecified atom stereocenters. The number of aromatic amines is 1. The predicted molar refractivity (Wildman–Crippen MR) is 123 cm³/mol. The van der Waals surface area contributed by atoms with Gasteiger partial charge in [0.2, 0.25) is 0 Å². The first-order valence-corrected chi connectivity index (χ1v) is 10.4. The summed E-state index contributed by atoms with van der Waals surface area (Å²) in [6.07, 6.45) is 2.88. The maximum absolute atomic E-state index is 13.5. The van der Waals surface area contributed by atoms with Crippen LogP contribution in [0.25, 0.3) is 0 Å². The van der Waals surface area contributed by atoms with Crippen LogP contribution >= 0.6 is 11.6 Å². The van der Waals surface area contributed by atoms with Crippen molar-refractivity contribution in [2.75, 3.05) is 17.7 Å². The molecule has 9 nitrogen and oxygen atoms in total. The van der Waals surface area contributed by atoms with Gasteiger partial charge in [0.05, 0.1) is 13.7 Å². The summed E-state index contributed by atoms with van der Waals surface area (Å²) >= 11 is 6.04. The summed E-state index contributed by atoms with van der Waals surface area (Å²) in [5.41, 5.74) is 5.39. The van der Waals surface area contributed by atoms with Gasteiger partial charge in [-0.25, -0.2) is 4.79 Å². The molecule has 0 saturated carbocycles. The van der Waals surface area contributed by atoms with Crippen molar-refractivity contribution in [2.24, 2.45) is 0 Å². The van der Waals surface area contributed by atoms with Crippen LogP contribution in [-0.4, -0.2) is 27.6 Å². The monoisotopic (exact) mass is 457 g/mol. The number of H-pyrrole nitrogens is 1. The topological polar surface area (TPSA) is 123 Å². The Labute approximate surface area is 189 Å². The third-order valence-electron chi connectivity index (χ3n) is 4.93. The highest BCUT2D eigenvalue weighted by Crippen LogP contribution is 2.26. The van der Waals surface area contributed by atoms with Gasteiger partial charge in [-0.3, -0.25) is 29.0 Å². The zero-order chi connectivity index (χ0) is 23.3. The second-order valence-corrected chi connectivity index (χ2v) is 7.50. The first-order valence-electron chi connectivity index (χ1n) is 10.0. The molecule has 2 heterocycles. The highest BCUT2D eigenvalue weighted by atomic mass is 35.5. The Morgan fingerprint density at radius 2 is 2.03 bits per heavy atom. The number of halogens is 1. The summed E-state index contributed by atoms with van der Waals surface area (Å²) in [5, 5.41) is 0.315. The number of amides is 1. The summed E-state index contributed by atoms with van der Waals surface area (Å²) in [6.45, 7) is 2.23. The molecule has 0 aliphatic rings. The number of carbonyl (C=O) groups excluding carboxylic acids is 1. The Balaban J connectivity index is 2.20. The van der Waals surface area contributed by atoms with Crippen LogP contribution in [0.4, 0.5) is 11.5 Å². The molecule has 0 spiro atoms. The van der Waals surface area contributed by atoms with Gasteiger partial charge >= 0.3 is 5.69 Å². The van der Waals surface area contributed by atoms with Crippen molar-refractivity contribution in [1.29, 1.82) is 0 Å². The van der Waals surface area contributed by atoms with Gasteiger partial charge in [-0.15, -0.1) is 0 Å². The van der Waals surface area contributed by atoms with E-state index in [2.05, 4.69) is 9.97 Å². The summed E-state index contributed by atoms with van der Waals surface area (Å²) in [5.74, 6) is -0.174. The standard InChI is InChI=1S/C22H24ClN5O4/c1-3-4-11-27-19(24)18(20(29)26-22(27)31)28(13-14-7-5-6-8-17(14)32-2)21(30)16-12-15(23)9-10-25-16/h5-10,12H,3-4,11,13,24H2,1-2H3,(H,26,29,31). The fraction of sp³-hybridized carbons (Fsp3) is 0.273. The summed E-state index contributed by atoms with van der Waals surface area (Å²) in [7, 11) is 1.51. The number of methoxy groups -OCH3 is 1. The first-order chi connectivity index (χ1) is 15.4. The number of nitrogens with one attached hydrogen (secondary N) is 1. The summed E-state index contributed by atoms with van der Waals surface area (Å²) in [6, 6.07) is 10.0. The molecule has 0 radical (unpaired) electrons. The van der Waals surface area contributed by atoms with Gasteiger partial charge in [-0.2, -0.15) is 0 Å². The molecule has 0 aliphatic heterocycles. The van der Waals surface area contributed by atoms with Crippen LogP contribution in [0.2, 0.25) is 5.02 Å². The van der Waals surface area contributed by atoms with E-state index in [1.54, 1.807) is 24.3 Å². The molecule has 0 bridgehead atoms. The van der Waals surface area contributed by atoms with Crippen molar-refractivity contribution in [1.82, 2.24) is 14.5 Å². The largest absolute Gasteiger partial charge is 0.496 e. The SMILES string of the molecule is CCCCn1c(N)c(N(Cc2ccccc2OC)C(=O)c2cc(Cl)ccn2)c(=O)[nH]c1=O. The lowest BCUT2D eigenvalue weighted by Gasteiger charge is -2.25. The number of rotatable bonds is 8. The fourth-order valence-electron chi connectivity index (χ4n) is 3.29. The van der Waals surface area contributed by atoms with E-state index in [0.717, 1.165) is 6.42 Å². The average molecular weight is 458 g/mol. The maximum Gasteiger partial charge on any atom is 0.330 e. The van der Waals surface area contributed by atoms with Crippen LogP contribution < -0.4 is 26.6 Å². The fourth-order valence-corrected chi connectivity index (χ4v) is 3.45. The van der Waals surface area contributed by atoms with Gasteiger partial charge in [0.15, 0.2) is 5.69 Å². The van der Waals surface area contributed by atoms with Crippen LogP contribution in [0.1, 0.15) is 35.8 Å². The number of unbranched alkanes of at least 4 members (excludes halogenated alkanes) is 1. The number of nitrogens with two attached hydrogens (primary N) is 1. The van der Waals surface area contributed by atoms with Crippen molar-refractivity contribution < 1.29 is 9.53 Å². The molecular weight excluding hydrogens is 434 g/mol. The molecule has 10 heteroatoms. The minimum Gasteiger partial charge on any atom is -0.496 e. The summed E-state index contributed by atoms with van der Waals surface area (Å²) in [4.78, 5) is 46.2. The van der Waals surface area contributed by atoms with E-state index in [1.807, 2.05) is 6.92 Å². The quantitative estimate of drug-likeness (QED) is 0.536. The van der Waals surface area contributed by atoms with Crippen LogP contribution in [0.3, 0.4) is 0 Å². The van der Waals surface area contributed by atoms with Gasteiger partial charge < -0.3 is 10.5 Å². The Kier molecular flexibility index (Phi) is 7.32. The smallest absolute Gasteiger partial charge is 0.330 e. The average Bonchev–Trinajstić information content (AvgIpc) is 2.78. The molecule has 3 aromatic rings. The van der Waals surface area contributed by atoms with Crippen molar-refractivity contribution in [3.05, 3.63) is 79.7 Å². The Hall–Kier alpha value is -3.59. The lowest BCUT2D eigenvalue weighted by Crippen LogP contribution is -2.41. The Morgan fingerprint density at radius 1 is 1.28 bits per heavy atom. The molecule has 0 saturated heterocycles. The maximum atomic E-state index is 13.5. The molecule has 3 rings (SSSR count). The van der Waals surface area contributed by atoms with E-state index in [-0.39, 0.29) is 23.7 Å². The third-order valence-corrected chi connectivity index (χ3v) is 5.16. The van der Waals surface area contributed by atoms with Gasteiger partial charge in [-0.05, 0) is 24.6 Å². The number of nitrogens with zero attached hydrogens (tertiary/aromatic N) is 3. The van der Waals surface area contributed by atoms with Crippen LogP contribution in [0.5, 0.6) is 5.75 Å². The molecule has 168 valence electrons. The number of hydrogen-bond acceptors (Lipinski definition) is 6. The second kappa shape index (κ2) is 10.1. The number of aromatic nitrogens is 3. The highest BCUT2D eigenvalue weighted by Gasteiger charge is 2.27. The molecule has 32 heavy (non-hydrogen) atoms. The van der Waals surface area contributed by atoms with Crippen molar-refractivity contribution >= 4 is 29.0 Å². The van der Waals surface area contributed by atoms with E-state index in [0.29, 0.717) is 29.3 Å².